The maximum absolute atomic E-state index is 5.68. The molecule has 7 heteroatoms. The lowest BCUT2D eigenvalue weighted by Crippen LogP contribution is -2.38. The molecule has 158 valence electrons. The van der Waals surface area contributed by atoms with Crippen LogP contribution in [0.4, 0.5) is 5.82 Å². The third kappa shape index (κ3) is 8.08. The van der Waals surface area contributed by atoms with Crippen LogP contribution in [0.3, 0.4) is 0 Å². The minimum absolute atomic E-state index is 0. The summed E-state index contributed by atoms with van der Waals surface area (Å²) in [5, 5.41) is 6.59. The Morgan fingerprint density at radius 1 is 1.03 bits per heavy atom. The molecule has 6 nitrogen and oxygen atoms in total. The highest BCUT2D eigenvalue weighted by Gasteiger charge is 2.10. The molecule has 2 N–H and O–H groups in total. The van der Waals surface area contributed by atoms with Gasteiger partial charge in [-0.05, 0) is 36.6 Å². The predicted molar refractivity (Wildman–Crippen MR) is 130 cm³/mol. The van der Waals surface area contributed by atoms with Crippen LogP contribution in [0.2, 0.25) is 0 Å². The molecule has 1 aliphatic heterocycles. The van der Waals surface area contributed by atoms with Gasteiger partial charge in [-0.1, -0.05) is 37.1 Å². The number of anilines is 1. The normalized spacial score (nSPS) is 14.5. The Kier molecular flexibility index (Phi) is 10.6. The second kappa shape index (κ2) is 13.2. The van der Waals surface area contributed by atoms with Crippen molar-refractivity contribution in [3.05, 3.63) is 54.2 Å². The number of rotatable bonds is 7. The van der Waals surface area contributed by atoms with Crippen LogP contribution < -0.4 is 20.3 Å². The molecule has 1 aliphatic rings. The molecule has 1 fully saturated rings. The molecule has 0 amide bonds. The fraction of sp³-hybridized carbons (Fsp3) is 0.455. The van der Waals surface area contributed by atoms with E-state index >= 15 is 0 Å². The fourth-order valence-corrected chi connectivity index (χ4v) is 3.27. The van der Waals surface area contributed by atoms with Crippen molar-refractivity contribution in [2.75, 3.05) is 38.2 Å². The van der Waals surface area contributed by atoms with Crippen LogP contribution in [0, 0.1) is 0 Å². The Morgan fingerprint density at radius 3 is 2.45 bits per heavy atom. The van der Waals surface area contributed by atoms with Gasteiger partial charge in [-0.2, -0.15) is 0 Å². The highest BCUT2D eigenvalue weighted by atomic mass is 127. The first-order valence-electron chi connectivity index (χ1n) is 10.2. The summed E-state index contributed by atoms with van der Waals surface area (Å²) < 4.78 is 5.68. The van der Waals surface area contributed by atoms with Crippen LogP contribution >= 0.6 is 24.0 Å². The van der Waals surface area contributed by atoms with Crippen molar-refractivity contribution >= 4 is 35.8 Å². The van der Waals surface area contributed by atoms with Gasteiger partial charge in [-0.15, -0.1) is 24.0 Å². The van der Waals surface area contributed by atoms with Crippen LogP contribution in [0.5, 0.6) is 5.75 Å². The summed E-state index contributed by atoms with van der Waals surface area (Å²) in [6.45, 7) is 4.18. The van der Waals surface area contributed by atoms with Crippen molar-refractivity contribution in [2.45, 2.75) is 32.2 Å². The molecule has 0 bridgehead atoms. The van der Waals surface area contributed by atoms with Crippen molar-refractivity contribution in [3.63, 3.8) is 0 Å². The first kappa shape index (κ1) is 23.3. The average Bonchev–Trinajstić information content (AvgIpc) is 3.04. The summed E-state index contributed by atoms with van der Waals surface area (Å²) in [6, 6.07) is 14.1. The van der Waals surface area contributed by atoms with Crippen LogP contribution in [-0.4, -0.2) is 44.2 Å². The number of para-hydroxylation sites is 1. The largest absolute Gasteiger partial charge is 0.492 e. The number of nitrogens with one attached hydrogen (secondary N) is 2. The molecule has 1 saturated heterocycles. The van der Waals surface area contributed by atoms with Gasteiger partial charge in [0.05, 0.1) is 6.54 Å². The quantitative estimate of drug-likeness (QED) is 0.257. The van der Waals surface area contributed by atoms with Gasteiger partial charge >= 0.3 is 0 Å². The third-order valence-electron chi connectivity index (χ3n) is 4.83. The van der Waals surface area contributed by atoms with Gasteiger partial charge in [0, 0.05) is 32.9 Å². The zero-order valence-electron chi connectivity index (χ0n) is 17.1. The van der Waals surface area contributed by atoms with Gasteiger partial charge in [0.1, 0.15) is 18.2 Å². The molecule has 0 spiro atoms. The van der Waals surface area contributed by atoms with E-state index in [0.29, 0.717) is 19.7 Å². The van der Waals surface area contributed by atoms with E-state index in [1.807, 2.05) is 36.5 Å². The predicted octanol–water partition coefficient (Wildman–Crippen LogP) is 3.82. The Balaban J connectivity index is 0.00000300. The molecule has 0 saturated carbocycles. The van der Waals surface area contributed by atoms with Crippen molar-refractivity contribution in [1.29, 1.82) is 0 Å². The summed E-state index contributed by atoms with van der Waals surface area (Å²) in [4.78, 5) is 11.3. The highest BCUT2D eigenvalue weighted by molar-refractivity contribution is 14.0. The van der Waals surface area contributed by atoms with Gasteiger partial charge in [-0.3, -0.25) is 4.99 Å². The lowest BCUT2D eigenvalue weighted by Gasteiger charge is -2.21. The number of nitrogens with zero attached hydrogens (tertiary/aromatic N) is 3. The number of guanidine groups is 1. The van der Waals surface area contributed by atoms with Crippen molar-refractivity contribution in [2.24, 2.45) is 4.99 Å². The average molecular weight is 509 g/mol. The molecule has 0 aliphatic carbocycles. The number of benzene rings is 1. The van der Waals surface area contributed by atoms with Gasteiger partial charge in [0.25, 0.3) is 0 Å². The van der Waals surface area contributed by atoms with E-state index in [1.54, 1.807) is 7.05 Å². The van der Waals surface area contributed by atoms with Gasteiger partial charge < -0.3 is 20.3 Å². The monoisotopic (exact) mass is 509 g/mol. The fourth-order valence-electron chi connectivity index (χ4n) is 3.27. The van der Waals surface area contributed by atoms with E-state index in [9.17, 15) is 0 Å². The number of ether oxygens (including phenoxy) is 1. The SMILES string of the molecule is CN=C(NCCOc1ccccc1)NCc1ccc(N2CCCCCC2)nc1.I. The minimum atomic E-state index is 0. The molecular formula is C22H32IN5O. The molecule has 3 rings (SSSR count). The third-order valence-corrected chi connectivity index (χ3v) is 4.83. The van der Waals surface area contributed by atoms with Crippen molar-refractivity contribution < 1.29 is 4.74 Å². The topological polar surface area (TPSA) is 61.8 Å². The molecule has 0 atom stereocenters. The standard InChI is InChI=1S/C22H31N5O.HI/c1-23-22(24-13-16-28-20-9-5-4-6-10-20)26-18-19-11-12-21(25-17-19)27-14-7-2-3-8-15-27;/h4-6,9-12,17H,2-3,7-8,13-16,18H2,1H3,(H2,23,24,26);1H. The second-order valence-electron chi connectivity index (χ2n) is 6.94. The first-order valence-corrected chi connectivity index (χ1v) is 10.2. The van der Waals surface area contributed by atoms with Gasteiger partial charge in [0.2, 0.25) is 0 Å². The minimum Gasteiger partial charge on any atom is -0.492 e. The molecule has 2 heterocycles. The van der Waals surface area contributed by atoms with Gasteiger partial charge in [0.15, 0.2) is 5.96 Å². The molecule has 29 heavy (non-hydrogen) atoms. The van der Waals surface area contributed by atoms with E-state index in [2.05, 4.69) is 37.6 Å². The van der Waals surface area contributed by atoms with E-state index < -0.39 is 0 Å². The van der Waals surface area contributed by atoms with Crippen LogP contribution in [0.15, 0.2) is 53.7 Å². The molecule has 2 aromatic rings. The summed E-state index contributed by atoms with van der Waals surface area (Å²) in [5.41, 5.74) is 1.14. The summed E-state index contributed by atoms with van der Waals surface area (Å²) in [5.74, 6) is 2.72. The zero-order chi connectivity index (χ0) is 19.4. The van der Waals surface area contributed by atoms with E-state index in [-0.39, 0.29) is 24.0 Å². The smallest absolute Gasteiger partial charge is 0.191 e. The Hall–Kier alpha value is -2.03. The lowest BCUT2D eigenvalue weighted by atomic mass is 10.2. The van der Waals surface area contributed by atoms with Crippen LogP contribution in [0.1, 0.15) is 31.2 Å². The molecule has 1 aromatic carbocycles. The number of halogens is 1. The first-order chi connectivity index (χ1) is 13.8. The van der Waals surface area contributed by atoms with Crippen molar-refractivity contribution in [1.82, 2.24) is 15.6 Å². The number of aromatic nitrogens is 1. The molecule has 0 unspecified atom stereocenters. The van der Waals surface area contributed by atoms with Crippen LogP contribution in [-0.2, 0) is 6.54 Å². The Morgan fingerprint density at radius 2 is 1.79 bits per heavy atom. The summed E-state index contributed by atoms with van der Waals surface area (Å²) in [6.07, 6.45) is 7.16. The second-order valence-corrected chi connectivity index (χ2v) is 6.94. The van der Waals surface area contributed by atoms with Gasteiger partial charge in [-0.25, -0.2) is 4.98 Å². The van der Waals surface area contributed by atoms with Crippen molar-refractivity contribution in [3.8, 4) is 5.75 Å². The Bertz CT molecular complexity index is 716. The van der Waals surface area contributed by atoms with E-state index in [1.165, 1.54) is 25.7 Å². The molecular weight excluding hydrogens is 477 g/mol. The molecule has 1 aromatic heterocycles. The number of aliphatic imine (C=N–C) groups is 1. The van der Waals surface area contributed by atoms with Crippen LogP contribution in [0.25, 0.3) is 0 Å². The maximum Gasteiger partial charge on any atom is 0.191 e. The highest BCUT2D eigenvalue weighted by Crippen LogP contribution is 2.17. The maximum atomic E-state index is 5.68. The molecule has 0 radical (unpaired) electrons. The Labute approximate surface area is 191 Å². The zero-order valence-corrected chi connectivity index (χ0v) is 19.5. The number of hydrogen-bond acceptors (Lipinski definition) is 4. The number of hydrogen-bond donors (Lipinski definition) is 2. The summed E-state index contributed by atoms with van der Waals surface area (Å²) in [7, 11) is 1.77. The van der Waals surface area contributed by atoms with E-state index in [4.69, 9.17) is 4.74 Å². The summed E-state index contributed by atoms with van der Waals surface area (Å²) >= 11 is 0. The van der Waals surface area contributed by atoms with E-state index in [0.717, 1.165) is 36.2 Å². The number of pyridine rings is 1. The lowest BCUT2D eigenvalue weighted by molar-refractivity contribution is 0.322.